The number of amides is 1. The Morgan fingerprint density at radius 2 is 1.86 bits per heavy atom. The zero-order chi connectivity index (χ0) is 15.4. The van der Waals surface area contributed by atoms with Crippen molar-refractivity contribution < 1.29 is 9.18 Å². The molecule has 0 saturated heterocycles. The lowest BCUT2D eigenvalue weighted by molar-refractivity contribution is 0.0934. The molecule has 0 radical (unpaired) electrons. The SMILES string of the molecule is CCC(NC(=O)c1cccc(F)c1Br)c1ccc(Br)cc1. The van der Waals surface area contributed by atoms with Gasteiger partial charge in [-0.25, -0.2) is 4.39 Å². The highest BCUT2D eigenvalue weighted by Gasteiger charge is 2.17. The van der Waals surface area contributed by atoms with Gasteiger partial charge in [0.2, 0.25) is 0 Å². The molecule has 1 unspecified atom stereocenters. The molecule has 110 valence electrons. The standard InChI is InChI=1S/C16H14Br2FNO/c1-2-14(10-6-8-11(17)9-7-10)20-16(21)12-4-3-5-13(19)15(12)18/h3-9,14H,2H2,1H3,(H,20,21). The molecule has 2 aromatic carbocycles. The molecular formula is C16H14Br2FNO. The van der Waals surface area contributed by atoms with Crippen LogP contribution in [0.1, 0.15) is 35.3 Å². The van der Waals surface area contributed by atoms with Gasteiger partial charge in [-0.15, -0.1) is 0 Å². The molecular weight excluding hydrogens is 401 g/mol. The Morgan fingerprint density at radius 1 is 1.19 bits per heavy atom. The van der Waals surface area contributed by atoms with Crippen LogP contribution in [0.3, 0.4) is 0 Å². The van der Waals surface area contributed by atoms with Crippen LogP contribution in [-0.4, -0.2) is 5.91 Å². The number of benzene rings is 2. The fourth-order valence-corrected chi connectivity index (χ4v) is 2.74. The van der Waals surface area contributed by atoms with Gasteiger partial charge in [-0.3, -0.25) is 4.79 Å². The van der Waals surface area contributed by atoms with Gasteiger partial charge in [0.15, 0.2) is 0 Å². The summed E-state index contributed by atoms with van der Waals surface area (Å²) in [6.45, 7) is 1.99. The molecule has 0 fully saturated rings. The topological polar surface area (TPSA) is 29.1 Å². The molecule has 1 N–H and O–H groups in total. The molecule has 2 nitrogen and oxygen atoms in total. The van der Waals surface area contributed by atoms with Gasteiger partial charge < -0.3 is 5.32 Å². The Morgan fingerprint density at radius 3 is 2.48 bits per heavy atom. The third kappa shape index (κ3) is 3.92. The summed E-state index contributed by atoms with van der Waals surface area (Å²) in [4.78, 5) is 12.3. The van der Waals surface area contributed by atoms with Gasteiger partial charge >= 0.3 is 0 Å². The first-order valence-electron chi connectivity index (χ1n) is 6.53. The van der Waals surface area contributed by atoms with Gasteiger partial charge in [-0.1, -0.05) is 41.1 Å². The summed E-state index contributed by atoms with van der Waals surface area (Å²) in [5.41, 5.74) is 1.31. The molecule has 21 heavy (non-hydrogen) atoms. The van der Waals surface area contributed by atoms with Crippen molar-refractivity contribution in [3.8, 4) is 0 Å². The minimum absolute atomic E-state index is 0.110. The van der Waals surface area contributed by atoms with E-state index < -0.39 is 5.82 Å². The van der Waals surface area contributed by atoms with Gasteiger partial charge in [-0.05, 0) is 52.2 Å². The average molecular weight is 415 g/mol. The Bertz CT molecular complexity index is 643. The summed E-state index contributed by atoms with van der Waals surface area (Å²) in [5, 5.41) is 2.94. The van der Waals surface area contributed by atoms with Crippen LogP contribution in [0.25, 0.3) is 0 Å². The number of nitrogens with one attached hydrogen (secondary N) is 1. The summed E-state index contributed by atoms with van der Waals surface area (Å²) >= 11 is 6.50. The normalized spacial score (nSPS) is 12.0. The largest absolute Gasteiger partial charge is 0.345 e. The van der Waals surface area contributed by atoms with Gasteiger partial charge in [0, 0.05) is 4.47 Å². The number of carbonyl (C=O) groups is 1. The Labute approximate surface area is 140 Å². The number of halogens is 3. The molecule has 0 aromatic heterocycles. The maximum Gasteiger partial charge on any atom is 0.253 e. The predicted octanol–water partition coefficient (Wildman–Crippen LogP) is 5.23. The second kappa shape index (κ2) is 7.18. The van der Waals surface area contributed by atoms with Crippen LogP contribution >= 0.6 is 31.9 Å². The molecule has 0 aliphatic carbocycles. The van der Waals surface area contributed by atoms with E-state index in [0.29, 0.717) is 5.56 Å². The van der Waals surface area contributed by atoms with Gasteiger partial charge in [0.1, 0.15) is 5.82 Å². The van der Waals surface area contributed by atoms with Crippen LogP contribution in [0.5, 0.6) is 0 Å². The van der Waals surface area contributed by atoms with E-state index in [0.717, 1.165) is 16.5 Å². The molecule has 0 heterocycles. The van der Waals surface area contributed by atoms with Crippen molar-refractivity contribution in [1.29, 1.82) is 0 Å². The first-order valence-corrected chi connectivity index (χ1v) is 8.12. The van der Waals surface area contributed by atoms with Crippen molar-refractivity contribution in [2.75, 3.05) is 0 Å². The van der Waals surface area contributed by atoms with Gasteiger partial charge in [-0.2, -0.15) is 0 Å². The highest BCUT2D eigenvalue weighted by atomic mass is 79.9. The van der Waals surface area contributed by atoms with E-state index in [1.165, 1.54) is 12.1 Å². The summed E-state index contributed by atoms with van der Waals surface area (Å²) in [6, 6.07) is 12.1. The lowest BCUT2D eigenvalue weighted by Crippen LogP contribution is -2.28. The maximum atomic E-state index is 13.5. The van der Waals surface area contributed by atoms with E-state index in [9.17, 15) is 9.18 Å². The summed E-state index contributed by atoms with van der Waals surface area (Å²) in [6.07, 6.45) is 0.750. The zero-order valence-electron chi connectivity index (χ0n) is 11.4. The third-order valence-electron chi connectivity index (χ3n) is 3.18. The summed E-state index contributed by atoms with van der Waals surface area (Å²) < 4.78 is 14.7. The van der Waals surface area contributed by atoms with Crippen molar-refractivity contribution in [3.63, 3.8) is 0 Å². The number of hydrogen-bond acceptors (Lipinski definition) is 1. The summed E-state index contributed by atoms with van der Waals surface area (Å²) in [5.74, 6) is -0.740. The summed E-state index contributed by atoms with van der Waals surface area (Å²) in [7, 11) is 0. The van der Waals surface area contributed by atoms with Crippen LogP contribution in [0.2, 0.25) is 0 Å². The van der Waals surface area contributed by atoms with Crippen LogP contribution < -0.4 is 5.32 Å². The Kier molecular flexibility index (Phi) is 5.53. The molecule has 2 aromatic rings. The first kappa shape index (κ1) is 16.2. The smallest absolute Gasteiger partial charge is 0.253 e. The molecule has 2 rings (SSSR count). The fraction of sp³-hybridized carbons (Fsp3) is 0.188. The highest BCUT2D eigenvalue weighted by Crippen LogP contribution is 2.23. The molecule has 0 aliphatic rings. The fourth-order valence-electron chi connectivity index (χ4n) is 2.03. The average Bonchev–Trinajstić information content (AvgIpc) is 2.48. The maximum absolute atomic E-state index is 13.5. The van der Waals surface area contributed by atoms with Crippen molar-refractivity contribution in [1.82, 2.24) is 5.32 Å². The van der Waals surface area contributed by atoms with Crippen molar-refractivity contribution >= 4 is 37.8 Å². The third-order valence-corrected chi connectivity index (χ3v) is 4.52. The quantitative estimate of drug-likeness (QED) is 0.728. The predicted molar refractivity (Wildman–Crippen MR) is 88.7 cm³/mol. The minimum Gasteiger partial charge on any atom is -0.345 e. The second-order valence-corrected chi connectivity index (χ2v) is 6.30. The number of hydrogen-bond donors (Lipinski definition) is 1. The molecule has 1 amide bonds. The lowest BCUT2D eigenvalue weighted by atomic mass is 10.0. The second-order valence-electron chi connectivity index (χ2n) is 4.59. The van der Waals surface area contributed by atoms with Crippen molar-refractivity contribution in [2.24, 2.45) is 0 Å². The van der Waals surface area contributed by atoms with Gasteiger partial charge in [0.05, 0.1) is 16.1 Å². The monoisotopic (exact) mass is 413 g/mol. The minimum atomic E-state index is -0.445. The van der Waals surface area contributed by atoms with Crippen LogP contribution in [0.15, 0.2) is 51.4 Å². The number of carbonyl (C=O) groups excluding carboxylic acids is 1. The molecule has 0 aliphatic heterocycles. The van der Waals surface area contributed by atoms with Crippen LogP contribution in [0, 0.1) is 5.82 Å². The molecule has 1 atom stereocenters. The van der Waals surface area contributed by atoms with Crippen molar-refractivity contribution in [2.45, 2.75) is 19.4 Å². The molecule has 5 heteroatoms. The van der Waals surface area contributed by atoms with E-state index in [4.69, 9.17) is 0 Å². The molecule has 0 bridgehead atoms. The van der Waals surface area contributed by atoms with Crippen LogP contribution in [0.4, 0.5) is 4.39 Å². The van der Waals surface area contributed by atoms with E-state index in [1.807, 2.05) is 31.2 Å². The van der Waals surface area contributed by atoms with Gasteiger partial charge in [0.25, 0.3) is 5.91 Å². The Balaban J connectivity index is 2.20. The lowest BCUT2D eigenvalue weighted by Gasteiger charge is -2.18. The molecule has 0 saturated carbocycles. The van der Waals surface area contributed by atoms with E-state index >= 15 is 0 Å². The first-order chi connectivity index (χ1) is 10.0. The highest BCUT2D eigenvalue weighted by molar-refractivity contribution is 9.10. The van der Waals surface area contributed by atoms with Crippen LogP contribution in [-0.2, 0) is 0 Å². The Hall–Kier alpha value is -1.20. The zero-order valence-corrected chi connectivity index (χ0v) is 14.5. The molecule has 0 spiro atoms. The van der Waals surface area contributed by atoms with Crippen molar-refractivity contribution in [3.05, 3.63) is 68.4 Å². The van der Waals surface area contributed by atoms with E-state index in [1.54, 1.807) is 6.07 Å². The number of rotatable bonds is 4. The van der Waals surface area contributed by atoms with E-state index in [2.05, 4.69) is 37.2 Å². The van der Waals surface area contributed by atoms with E-state index in [-0.39, 0.29) is 16.4 Å².